The molecule has 2 aromatic carbocycles. The maximum atomic E-state index is 13.3. The van der Waals surface area contributed by atoms with Crippen molar-refractivity contribution >= 4 is 5.91 Å². The zero-order valence-corrected chi connectivity index (χ0v) is 17.4. The van der Waals surface area contributed by atoms with Crippen LogP contribution in [0.4, 0.5) is 0 Å². The van der Waals surface area contributed by atoms with Gasteiger partial charge in [-0.25, -0.2) is 0 Å². The van der Waals surface area contributed by atoms with Crippen molar-refractivity contribution < 1.29 is 14.3 Å². The van der Waals surface area contributed by atoms with Gasteiger partial charge in [0.2, 0.25) is 12.7 Å². The van der Waals surface area contributed by atoms with Gasteiger partial charge in [-0.05, 0) is 49.8 Å². The van der Waals surface area contributed by atoms with Gasteiger partial charge in [0.15, 0.2) is 11.5 Å². The molecule has 1 saturated heterocycles. The van der Waals surface area contributed by atoms with E-state index in [4.69, 9.17) is 9.47 Å². The van der Waals surface area contributed by atoms with Crippen LogP contribution in [-0.2, 0) is 11.3 Å². The largest absolute Gasteiger partial charge is 0.454 e. The molecule has 6 heteroatoms. The van der Waals surface area contributed by atoms with Crippen molar-refractivity contribution in [1.82, 2.24) is 14.7 Å². The summed E-state index contributed by atoms with van der Waals surface area (Å²) in [4.78, 5) is 19.7. The Hall–Kier alpha value is -2.57. The van der Waals surface area contributed by atoms with E-state index in [-0.39, 0.29) is 11.9 Å². The van der Waals surface area contributed by atoms with E-state index in [1.54, 1.807) is 0 Å². The van der Waals surface area contributed by atoms with Crippen LogP contribution in [-0.4, -0.2) is 67.7 Å². The number of hydrogen-bond donors (Lipinski definition) is 0. The second kappa shape index (κ2) is 8.43. The number of nitrogens with zero attached hydrogens (tertiary/aromatic N) is 3. The third-order valence-corrected chi connectivity index (χ3v) is 5.76. The highest BCUT2D eigenvalue weighted by atomic mass is 16.7. The monoisotopic (exact) mass is 395 g/mol. The summed E-state index contributed by atoms with van der Waals surface area (Å²) in [6.45, 7) is 6.46. The molecule has 1 fully saturated rings. The smallest absolute Gasteiger partial charge is 0.244 e. The van der Waals surface area contributed by atoms with E-state index in [1.807, 2.05) is 42.1 Å². The zero-order chi connectivity index (χ0) is 20.4. The fourth-order valence-electron chi connectivity index (χ4n) is 4.12. The normalized spacial score (nSPS) is 17.6. The van der Waals surface area contributed by atoms with Gasteiger partial charge in [-0.3, -0.25) is 14.6 Å². The molecule has 2 aliphatic rings. The number of benzene rings is 2. The minimum atomic E-state index is -0.239. The average Bonchev–Trinajstić information content (AvgIpc) is 3.18. The van der Waals surface area contributed by atoms with Crippen molar-refractivity contribution in [2.45, 2.75) is 19.5 Å². The molecule has 0 aliphatic carbocycles. The Morgan fingerprint density at radius 3 is 2.48 bits per heavy atom. The number of ether oxygens (including phenoxy) is 2. The molecule has 1 amide bonds. The first-order valence-corrected chi connectivity index (χ1v) is 10.1. The van der Waals surface area contributed by atoms with Crippen molar-refractivity contribution in [2.24, 2.45) is 0 Å². The number of amides is 1. The Morgan fingerprint density at radius 1 is 1.03 bits per heavy atom. The highest BCUT2D eigenvalue weighted by Gasteiger charge is 2.31. The van der Waals surface area contributed by atoms with Crippen molar-refractivity contribution in [1.29, 1.82) is 0 Å². The number of rotatable bonds is 5. The summed E-state index contributed by atoms with van der Waals surface area (Å²) in [6.07, 6.45) is 0. The van der Waals surface area contributed by atoms with Gasteiger partial charge >= 0.3 is 0 Å². The molecule has 2 heterocycles. The van der Waals surface area contributed by atoms with E-state index >= 15 is 0 Å². The molecule has 1 atom stereocenters. The lowest BCUT2D eigenvalue weighted by Gasteiger charge is -2.38. The Labute approximate surface area is 172 Å². The molecule has 0 spiro atoms. The minimum absolute atomic E-state index is 0.187. The van der Waals surface area contributed by atoms with Gasteiger partial charge in [-0.15, -0.1) is 0 Å². The quantitative estimate of drug-likeness (QED) is 0.779. The Bertz CT molecular complexity index is 875. The fourth-order valence-corrected chi connectivity index (χ4v) is 4.12. The third kappa shape index (κ3) is 4.23. The Kier molecular flexibility index (Phi) is 5.74. The van der Waals surface area contributed by atoms with Gasteiger partial charge in [-0.2, -0.15) is 0 Å². The molecule has 0 radical (unpaired) electrons. The summed E-state index contributed by atoms with van der Waals surface area (Å²) in [5, 5.41) is 0. The molecule has 0 saturated carbocycles. The maximum Gasteiger partial charge on any atom is 0.244 e. The summed E-state index contributed by atoms with van der Waals surface area (Å²) in [7, 11) is 3.95. The van der Waals surface area contributed by atoms with Crippen LogP contribution in [0.1, 0.15) is 22.7 Å². The topological polar surface area (TPSA) is 45.3 Å². The van der Waals surface area contributed by atoms with Gasteiger partial charge in [0.1, 0.15) is 6.04 Å². The number of aryl methyl sites for hydroxylation is 1. The summed E-state index contributed by atoms with van der Waals surface area (Å²) in [5.41, 5.74) is 3.45. The fraction of sp³-hybridized carbons (Fsp3) is 0.435. The second-order valence-electron chi connectivity index (χ2n) is 8.01. The number of likely N-dealkylation sites (N-methyl/N-ethyl adjacent to an activating group) is 1. The summed E-state index contributed by atoms with van der Waals surface area (Å²) in [6, 6.07) is 14.0. The van der Waals surface area contributed by atoms with Gasteiger partial charge in [-0.1, -0.05) is 30.3 Å². The Morgan fingerprint density at radius 2 is 1.76 bits per heavy atom. The first-order chi connectivity index (χ1) is 14.0. The SMILES string of the molecule is Cc1ccccc1C(C(=O)N1CCN(Cc2ccc3c(c2)OCO3)CC1)N(C)C. The molecule has 1 unspecified atom stereocenters. The van der Waals surface area contributed by atoms with E-state index in [0.717, 1.165) is 55.3 Å². The zero-order valence-electron chi connectivity index (χ0n) is 17.4. The molecule has 0 bridgehead atoms. The third-order valence-electron chi connectivity index (χ3n) is 5.76. The van der Waals surface area contributed by atoms with Crippen LogP contribution in [0.3, 0.4) is 0 Å². The predicted molar refractivity (Wildman–Crippen MR) is 112 cm³/mol. The highest BCUT2D eigenvalue weighted by Crippen LogP contribution is 2.33. The molecule has 0 N–H and O–H groups in total. The van der Waals surface area contributed by atoms with Crippen LogP contribution >= 0.6 is 0 Å². The van der Waals surface area contributed by atoms with Crippen LogP contribution in [0, 0.1) is 6.92 Å². The summed E-state index contributed by atoms with van der Waals surface area (Å²) in [5.74, 6) is 1.82. The van der Waals surface area contributed by atoms with E-state index < -0.39 is 0 Å². The van der Waals surface area contributed by atoms with Crippen molar-refractivity contribution in [3.05, 3.63) is 59.2 Å². The summed E-state index contributed by atoms with van der Waals surface area (Å²) >= 11 is 0. The highest BCUT2D eigenvalue weighted by molar-refractivity contribution is 5.83. The van der Waals surface area contributed by atoms with E-state index in [2.05, 4.69) is 36.1 Å². The predicted octanol–water partition coefficient (Wildman–Crippen LogP) is 2.67. The Balaban J connectivity index is 1.38. The van der Waals surface area contributed by atoms with Crippen LogP contribution in [0.25, 0.3) is 0 Å². The van der Waals surface area contributed by atoms with Crippen LogP contribution in [0.5, 0.6) is 11.5 Å². The molecular weight excluding hydrogens is 366 g/mol. The lowest BCUT2D eigenvalue weighted by molar-refractivity contribution is -0.138. The number of fused-ring (bicyclic) bond motifs is 1. The lowest BCUT2D eigenvalue weighted by atomic mass is 9.99. The van der Waals surface area contributed by atoms with E-state index in [0.29, 0.717) is 6.79 Å². The number of hydrogen-bond acceptors (Lipinski definition) is 5. The number of carbonyl (C=O) groups is 1. The van der Waals surface area contributed by atoms with Crippen molar-refractivity contribution in [2.75, 3.05) is 47.1 Å². The van der Waals surface area contributed by atoms with E-state index in [9.17, 15) is 4.79 Å². The van der Waals surface area contributed by atoms with Gasteiger partial charge in [0, 0.05) is 32.7 Å². The van der Waals surface area contributed by atoms with Crippen LogP contribution in [0.2, 0.25) is 0 Å². The molecule has 0 aromatic heterocycles. The first-order valence-electron chi connectivity index (χ1n) is 10.1. The lowest BCUT2D eigenvalue weighted by Crippen LogP contribution is -2.51. The summed E-state index contributed by atoms with van der Waals surface area (Å²) < 4.78 is 10.9. The molecule has 6 nitrogen and oxygen atoms in total. The molecule has 2 aliphatic heterocycles. The molecule has 29 heavy (non-hydrogen) atoms. The van der Waals surface area contributed by atoms with E-state index in [1.165, 1.54) is 5.56 Å². The molecular formula is C23H29N3O3. The standard InChI is InChI=1S/C23H29N3O3/c1-17-6-4-5-7-19(17)22(24(2)3)23(27)26-12-10-25(11-13-26)15-18-8-9-20-21(14-18)29-16-28-20/h4-9,14,22H,10-13,15-16H2,1-3H3. The van der Waals surface area contributed by atoms with Gasteiger partial charge < -0.3 is 14.4 Å². The number of piperazine rings is 1. The molecule has 4 rings (SSSR count). The van der Waals surface area contributed by atoms with Gasteiger partial charge in [0.25, 0.3) is 0 Å². The second-order valence-corrected chi connectivity index (χ2v) is 8.01. The van der Waals surface area contributed by atoms with Crippen molar-refractivity contribution in [3.8, 4) is 11.5 Å². The van der Waals surface area contributed by atoms with Gasteiger partial charge in [0.05, 0.1) is 0 Å². The van der Waals surface area contributed by atoms with Crippen LogP contribution < -0.4 is 9.47 Å². The molecule has 2 aromatic rings. The molecule has 154 valence electrons. The first kappa shape index (κ1) is 19.7. The minimum Gasteiger partial charge on any atom is -0.454 e. The maximum absolute atomic E-state index is 13.3. The van der Waals surface area contributed by atoms with Crippen LogP contribution in [0.15, 0.2) is 42.5 Å². The average molecular weight is 396 g/mol. The number of carbonyl (C=O) groups excluding carboxylic acids is 1. The van der Waals surface area contributed by atoms with Crippen molar-refractivity contribution in [3.63, 3.8) is 0 Å².